The molecule has 0 bridgehead atoms. The van der Waals surface area contributed by atoms with Crippen LogP contribution in [0.2, 0.25) is 5.02 Å². The van der Waals surface area contributed by atoms with Gasteiger partial charge in [-0.05, 0) is 51.0 Å². The van der Waals surface area contributed by atoms with E-state index >= 15 is 0 Å². The molecule has 2 atom stereocenters. The number of hydrogen-bond donors (Lipinski definition) is 0. The van der Waals surface area contributed by atoms with Gasteiger partial charge in [0.05, 0.1) is 5.54 Å². The first-order chi connectivity index (χ1) is 12.2. The van der Waals surface area contributed by atoms with E-state index in [-0.39, 0.29) is 18.7 Å². The smallest absolute Gasteiger partial charge is 0.333 e. The van der Waals surface area contributed by atoms with E-state index in [1.807, 2.05) is 70.2 Å². The first kappa shape index (κ1) is 18.9. The van der Waals surface area contributed by atoms with Gasteiger partial charge in [-0.15, -0.1) is 0 Å². The number of morpholine rings is 1. The highest BCUT2D eigenvalue weighted by Crippen LogP contribution is 2.41. The average molecular weight is 374 g/mol. The zero-order valence-electron chi connectivity index (χ0n) is 15.5. The molecule has 1 heterocycles. The summed E-state index contributed by atoms with van der Waals surface area (Å²) in [6.07, 6.45) is -0.215. The van der Waals surface area contributed by atoms with Crippen molar-refractivity contribution in [2.75, 3.05) is 6.61 Å². The number of esters is 1. The van der Waals surface area contributed by atoms with E-state index in [9.17, 15) is 4.79 Å². The Hall–Kier alpha value is -1.88. The Balaban J connectivity index is 2.01. The number of carbonyl (C=O) groups excluding carboxylic acids is 1. The lowest BCUT2D eigenvalue weighted by atomic mass is 9.86. The summed E-state index contributed by atoms with van der Waals surface area (Å²) in [5.74, 6) is -0.334. The fourth-order valence-electron chi connectivity index (χ4n) is 3.33. The molecule has 5 heteroatoms. The number of ether oxygens (including phenoxy) is 1. The van der Waals surface area contributed by atoms with Crippen molar-refractivity contribution in [3.8, 4) is 0 Å². The number of carbonyl (C=O) groups is 1. The van der Waals surface area contributed by atoms with E-state index < -0.39 is 11.1 Å². The number of halogens is 1. The Kier molecular flexibility index (Phi) is 5.11. The Labute approximate surface area is 159 Å². The third-order valence-electron chi connectivity index (χ3n) is 4.85. The Morgan fingerprint density at radius 2 is 1.69 bits per heavy atom. The maximum Gasteiger partial charge on any atom is 0.333 e. The summed E-state index contributed by atoms with van der Waals surface area (Å²) >= 11 is 6.03. The minimum Gasteiger partial charge on any atom is -0.462 e. The SMILES string of the molecule is CC(ON1C(C)(C)COC(=O)C1(C)c1ccc(Cl)cc1)c1ccccc1. The molecular formula is C21H24ClNO3. The molecule has 2 aromatic carbocycles. The quantitative estimate of drug-likeness (QED) is 0.715. The molecule has 0 aliphatic carbocycles. The van der Waals surface area contributed by atoms with E-state index in [1.54, 1.807) is 17.2 Å². The van der Waals surface area contributed by atoms with Gasteiger partial charge in [-0.1, -0.05) is 54.1 Å². The van der Waals surface area contributed by atoms with Gasteiger partial charge in [0.1, 0.15) is 12.7 Å². The second-order valence-corrected chi connectivity index (χ2v) is 7.86. The van der Waals surface area contributed by atoms with Crippen LogP contribution in [-0.2, 0) is 19.9 Å². The van der Waals surface area contributed by atoms with Crippen LogP contribution in [0.5, 0.6) is 0 Å². The van der Waals surface area contributed by atoms with Gasteiger partial charge in [0.15, 0.2) is 5.54 Å². The summed E-state index contributed by atoms with van der Waals surface area (Å²) in [6, 6.07) is 17.2. The molecule has 0 saturated carbocycles. The van der Waals surface area contributed by atoms with Crippen LogP contribution in [0.1, 0.15) is 44.9 Å². The van der Waals surface area contributed by atoms with Crippen LogP contribution in [0.15, 0.2) is 54.6 Å². The lowest BCUT2D eigenvalue weighted by molar-refractivity contribution is -0.319. The first-order valence-electron chi connectivity index (χ1n) is 8.70. The van der Waals surface area contributed by atoms with Crippen molar-refractivity contribution in [3.05, 3.63) is 70.7 Å². The molecule has 1 saturated heterocycles. The fraction of sp³-hybridized carbons (Fsp3) is 0.381. The molecule has 2 aromatic rings. The highest BCUT2D eigenvalue weighted by atomic mass is 35.5. The molecular weight excluding hydrogens is 350 g/mol. The molecule has 1 fully saturated rings. The van der Waals surface area contributed by atoms with Crippen molar-refractivity contribution in [1.82, 2.24) is 5.06 Å². The second-order valence-electron chi connectivity index (χ2n) is 7.42. The molecule has 3 rings (SSSR count). The molecule has 4 nitrogen and oxygen atoms in total. The molecule has 26 heavy (non-hydrogen) atoms. The Morgan fingerprint density at radius 3 is 2.31 bits per heavy atom. The molecule has 0 spiro atoms. The van der Waals surface area contributed by atoms with Gasteiger partial charge in [-0.3, -0.25) is 4.84 Å². The summed E-state index contributed by atoms with van der Waals surface area (Å²) in [5.41, 5.74) is 0.251. The average Bonchev–Trinajstić information content (AvgIpc) is 2.63. The summed E-state index contributed by atoms with van der Waals surface area (Å²) < 4.78 is 5.52. The molecule has 138 valence electrons. The van der Waals surface area contributed by atoms with Crippen molar-refractivity contribution in [1.29, 1.82) is 0 Å². The lowest BCUT2D eigenvalue weighted by Gasteiger charge is -2.51. The number of nitrogens with zero attached hydrogens (tertiary/aromatic N) is 1. The first-order valence-corrected chi connectivity index (χ1v) is 9.08. The highest BCUT2D eigenvalue weighted by molar-refractivity contribution is 6.30. The number of benzene rings is 2. The second kappa shape index (κ2) is 7.03. The maximum absolute atomic E-state index is 12.8. The highest BCUT2D eigenvalue weighted by Gasteiger charge is 2.54. The van der Waals surface area contributed by atoms with E-state index in [0.717, 1.165) is 11.1 Å². The normalized spacial score (nSPS) is 24.1. The molecule has 2 unspecified atom stereocenters. The topological polar surface area (TPSA) is 38.8 Å². The van der Waals surface area contributed by atoms with Gasteiger partial charge in [0.2, 0.25) is 0 Å². The summed E-state index contributed by atoms with van der Waals surface area (Å²) in [7, 11) is 0. The van der Waals surface area contributed by atoms with Crippen molar-refractivity contribution < 1.29 is 14.4 Å². The molecule has 0 amide bonds. The van der Waals surface area contributed by atoms with Gasteiger partial charge in [-0.25, -0.2) is 4.79 Å². The molecule has 0 radical (unpaired) electrons. The van der Waals surface area contributed by atoms with Crippen LogP contribution < -0.4 is 0 Å². The van der Waals surface area contributed by atoms with Gasteiger partial charge >= 0.3 is 5.97 Å². The largest absolute Gasteiger partial charge is 0.462 e. The molecule has 0 N–H and O–H groups in total. The zero-order valence-corrected chi connectivity index (χ0v) is 16.3. The van der Waals surface area contributed by atoms with Crippen LogP contribution in [-0.4, -0.2) is 23.2 Å². The van der Waals surface area contributed by atoms with Gasteiger partial charge in [0.25, 0.3) is 0 Å². The third kappa shape index (κ3) is 3.37. The van der Waals surface area contributed by atoms with Crippen LogP contribution >= 0.6 is 11.6 Å². The van der Waals surface area contributed by atoms with Crippen molar-refractivity contribution in [2.45, 2.75) is 44.9 Å². The van der Waals surface area contributed by atoms with Gasteiger partial charge in [-0.2, -0.15) is 5.06 Å². The van der Waals surface area contributed by atoms with E-state index in [1.165, 1.54) is 0 Å². The molecule has 0 aromatic heterocycles. The van der Waals surface area contributed by atoms with E-state index in [4.69, 9.17) is 21.2 Å². The number of rotatable bonds is 4. The minimum atomic E-state index is -1.07. The van der Waals surface area contributed by atoms with Crippen LogP contribution in [0.25, 0.3) is 0 Å². The monoisotopic (exact) mass is 373 g/mol. The maximum atomic E-state index is 12.8. The van der Waals surface area contributed by atoms with Crippen molar-refractivity contribution in [2.24, 2.45) is 0 Å². The van der Waals surface area contributed by atoms with Crippen LogP contribution in [0, 0.1) is 0 Å². The number of cyclic esters (lactones) is 1. The Bertz CT molecular complexity index is 776. The fourth-order valence-corrected chi connectivity index (χ4v) is 3.46. The van der Waals surface area contributed by atoms with E-state index in [2.05, 4.69) is 0 Å². The lowest BCUT2D eigenvalue weighted by Crippen LogP contribution is -2.65. The summed E-state index contributed by atoms with van der Waals surface area (Å²) in [4.78, 5) is 19.2. The Morgan fingerprint density at radius 1 is 1.08 bits per heavy atom. The predicted molar refractivity (Wildman–Crippen MR) is 102 cm³/mol. The van der Waals surface area contributed by atoms with Gasteiger partial charge in [0, 0.05) is 5.02 Å². The zero-order chi connectivity index (χ0) is 18.9. The van der Waals surface area contributed by atoms with Gasteiger partial charge < -0.3 is 4.74 Å². The van der Waals surface area contributed by atoms with Crippen molar-refractivity contribution in [3.63, 3.8) is 0 Å². The number of hydrogen-bond acceptors (Lipinski definition) is 4. The summed E-state index contributed by atoms with van der Waals surface area (Å²) in [6.45, 7) is 8.08. The van der Waals surface area contributed by atoms with Crippen molar-refractivity contribution >= 4 is 17.6 Å². The number of hydroxylamine groups is 2. The van der Waals surface area contributed by atoms with E-state index in [0.29, 0.717) is 5.02 Å². The third-order valence-corrected chi connectivity index (χ3v) is 5.10. The van der Waals surface area contributed by atoms with Crippen LogP contribution in [0.3, 0.4) is 0 Å². The summed E-state index contributed by atoms with van der Waals surface area (Å²) in [5, 5.41) is 2.40. The van der Waals surface area contributed by atoms with Crippen LogP contribution in [0.4, 0.5) is 0 Å². The predicted octanol–water partition coefficient (Wildman–Crippen LogP) is 4.89. The standard InChI is InChI=1S/C21H24ClNO3/c1-15(16-8-6-5-7-9-16)26-23-20(2,3)14-25-19(24)21(23,4)17-10-12-18(22)13-11-17/h5-13,15H,14H2,1-4H3. The molecule has 1 aliphatic heterocycles. The minimum absolute atomic E-state index is 0.215. The molecule has 1 aliphatic rings.